The SMILES string of the molecule is Cc1ccc(C)c(OCc2ccc(C(=O)Nc3cc(C)n(Cc4ccc(Cl)cc4)n3)o2)c1. The zero-order chi connectivity index (χ0) is 22.7. The second-order valence-corrected chi connectivity index (χ2v) is 8.17. The minimum atomic E-state index is -0.362. The van der Waals surface area contributed by atoms with Crippen molar-refractivity contribution in [2.75, 3.05) is 5.32 Å². The lowest BCUT2D eigenvalue weighted by molar-refractivity contribution is 0.0992. The fraction of sp³-hybridized carbons (Fsp3) is 0.200. The third kappa shape index (κ3) is 5.21. The van der Waals surface area contributed by atoms with Crippen molar-refractivity contribution >= 4 is 23.3 Å². The van der Waals surface area contributed by atoms with Crippen LogP contribution in [0.2, 0.25) is 5.02 Å². The number of rotatable bonds is 7. The van der Waals surface area contributed by atoms with Gasteiger partial charge < -0.3 is 14.5 Å². The standard InChI is InChI=1S/C25H24ClN3O3/c1-16-4-5-17(2)23(12-16)31-15-21-10-11-22(32-21)25(30)27-24-13-18(3)29(28-24)14-19-6-8-20(26)9-7-19/h4-13H,14-15H2,1-3H3,(H,27,28,30). The summed E-state index contributed by atoms with van der Waals surface area (Å²) in [5.41, 5.74) is 4.16. The van der Waals surface area contributed by atoms with Crippen LogP contribution in [0, 0.1) is 20.8 Å². The van der Waals surface area contributed by atoms with Crippen LogP contribution in [0.15, 0.2) is 65.1 Å². The van der Waals surface area contributed by atoms with E-state index in [-0.39, 0.29) is 18.3 Å². The van der Waals surface area contributed by atoms with Crippen molar-refractivity contribution in [2.45, 2.75) is 33.9 Å². The summed E-state index contributed by atoms with van der Waals surface area (Å²) in [6.45, 7) is 6.77. The first-order valence-corrected chi connectivity index (χ1v) is 10.6. The molecule has 0 bridgehead atoms. The minimum Gasteiger partial charge on any atom is -0.485 e. The molecule has 0 atom stereocenters. The first-order chi connectivity index (χ1) is 15.4. The van der Waals surface area contributed by atoms with Gasteiger partial charge in [0.2, 0.25) is 0 Å². The summed E-state index contributed by atoms with van der Waals surface area (Å²) in [5.74, 6) is 1.68. The highest BCUT2D eigenvalue weighted by Crippen LogP contribution is 2.21. The number of ether oxygens (including phenoxy) is 1. The molecule has 2 aromatic carbocycles. The monoisotopic (exact) mass is 449 g/mol. The number of aryl methyl sites for hydroxylation is 3. The average Bonchev–Trinajstić information content (AvgIpc) is 3.37. The predicted molar refractivity (Wildman–Crippen MR) is 124 cm³/mol. The minimum absolute atomic E-state index is 0.203. The second kappa shape index (κ2) is 9.32. The van der Waals surface area contributed by atoms with Gasteiger partial charge in [0.15, 0.2) is 11.6 Å². The van der Waals surface area contributed by atoms with Crippen LogP contribution in [0.4, 0.5) is 5.82 Å². The number of halogens is 1. The molecule has 0 saturated heterocycles. The Kier molecular flexibility index (Phi) is 6.32. The van der Waals surface area contributed by atoms with E-state index in [1.54, 1.807) is 12.1 Å². The molecule has 164 valence electrons. The summed E-state index contributed by atoms with van der Waals surface area (Å²) in [5, 5.41) is 7.96. The van der Waals surface area contributed by atoms with Gasteiger partial charge in [0.25, 0.3) is 5.91 Å². The molecule has 6 nitrogen and oxygen atoms in total. The van der Waals surface area contributed by atoms with Crippen molar-refractivity contribution in [2.24, 2.45) is 0 Å². The van der Waals surface area contributed by atoms with Gasteiger partial charge in [0.1, 0.15) is 18.1 Å². The van der Waals surface area contributed by atoms with Gasteiger partial charge >= 0.3 is 0 Å². The lowest BCUT2D eigenvalue weighted by Crippen LogP contribution is -2.12. The predicted octanol–water partition coefficient (Wildman–Crippen LogP) is 5.93. The topological polar surface area (TPSA) is 69.3 Å². The lowest BCUT2D eigenvalue weighted by atomic mass is 10.1. The summed E-state index contributed by atoms with van der Waals surface area (Å²) in [6, 6.07) is 18.8. The quantitative estimate of drug-likeness (QED) is 0.379. The van der Waals surface area contributed by atoms with E-state index in [4.69, 9.17) is 20.8 Å². The molecule has 32 heavy (non-hydrogen) atoms. The maximum atomic E-state index is 12.6. The van der Waals surface area contributed by atoms with E-state index in [0.29, 0.717) is 23.1 Å². The van der Waals surface area contributed by atoms with Crippen molar-refractivity contribution < 1.29 is 13.9 Å². The summed E-state index contributed by atoms with van der Waals surface area (Å²) >= 11 is 5.94. The van der Waals surface area contributed by atoms with Gasteiger partial charge in [-0.15, -0.1) is 0 Å². The molecule has 0 saturated carbocycles. The highest BCUT2D eigenvalue weighted by molar-refractivity contribution is 6.30. The number of benzene rings is 2. The molecule has 2 aromatic heterocycles. The number of carbonyl (C=O) groups is 1. The van der Waals surface area contributed by atoms with Crippen molar-refractivity contribution in [3.63, 3.8) is 0 Å². The number of nitrogens with zero attached hydrogens (tertiary/aromatic N) is 2. The second-order valence-electron chi connectivity index (χ2n) is 7.73. The van der Waals surface area contributed by atoms with Gasteiger partial charge in [-0.25, -0.2) is 0 Å². The molecule has 0 unspecified atom stereocenters. The van der Waals surface area contributed by atoms with Gasteiger partial charge in [0.05, 0.1) is 6.54 Å². The molecule has 4 aromatic rings. The third-order valence-corrected chi connectivity index (χ3v) is 5.32. The normalized spacial score (nSPS) is 10.9. The number of aromatic nitrogens is 2. The van der Waals surface area contributed by atoms with E-state index in [2.05, 4.69) is 10.4 Å². The Balaban J connectivity index is 1.37. The van der Waals surface area contributed by atoms with Gasteiger partial charge in [-0.05, 0) is 67.8 Å². The fourth-order valence-corrected chi connectivity index (χ4v) is 3.39. The van der Waals surface area contributed by atoms with E-state index in [1.165, 1.54) is 0 Å². The number of hydrogen-bond acceptors (Lipinski definition) is 4. The molecular formula is C25H24ClN3O3. The zero-order valence-corrected chi connectivity index (χ0v) is 18.9. The largest absolute Gasteiger partial charge is 0.485 e. The van der Waals surface area contributed by atoms with E-state index in [9.17, 15) is 4.79 Å². The molecule has 0 aliphatic heterocycles. The highest BCUT2D eigenvalue weighted by Gasteiger charge is 2.15. The number of carbonyl (C=O) groups excluding carboxylic acids is 1. The molecule has 0 spiro atoms. The van der Waals surface area contributed by atoms with Gasteiger partial charge in [-0.2, -0.15) is 5.10 Å². The smallest absolute Gasteiger partial charge is 0.292 e. The van der Waals surface area contributed by atoms with E-state index < -0.39 is 0 Å². The van der Waals surface area contributed by atoms with Crippen LogP contribution in [0.1, 0.15) is 38.7 Å². The number of amides is 1. The Labute approximate surface area is 191 Å². The number of anilines is 1. The summed E-state index contributed by atoms with van der Waals surface area (Å²) < 4.78 is 13.3. The van der Waals surface area contributed by atoms with Crippen LogP contribution < -0.4 is 10.1 Å². The van der Waals surface area contributed by atoms with E-state index >= 15 is 0 Å². The Morgan fingerprint density at radius 1 is 1.06 bits per heavy atom. The maximum absolute atomic E-state index is 12.6. The molecule has 2 heterocycles. The number of hydrogen-bond donors (Lipinski definition) is 1. The Hall–Kier alpha value is -3.51. The Morgan fingerprint density at radius 3 is 2.62 bits per heavy atom. The van der Waals surface area contributed by atoms with E-state index in [1.807, 2.05) is 74.0 Å². The van der Waals surface area contributed by atoms with Crippen LogP contribution in [0.25, 0.3) is 0 Å². The molecule has 0 aliphatic carbocycles. The first-order valence-electron chi connectivity index (χ1n) is 10.3. The Bertz CT molecular complexity index is 1240. The molecule has 4 rings (SSSR count). The molecule has 0 aliphatic rings. The number of nitrogens with one attached hydrogen (secondary N) is 1. The van der Waals surface area contributed by atoms with Crippen LogP contribution >= 0.6 is 11.6 Å². The highest BCUT2D eigenvalue weighted by atomic mass is 35.5. The average molecular weight is 450 g/mol. The zero-order valence-electron chi connectivity index (χ0n) is 18.2. The van der Waals surface area contributed by atoms with Gasteiger partial charge in [-0.1, -0.05) is 35.9 Å². The molecule has 7 heteroatoms. The molecule has 0 fully saturated rings. The van der Waals surface area contributed by atoms with Crippen molar-refractivity contribution in [3.05, 3.63) is 99.6 Å². The maximum Gasteiger partial charge on any atom is 0.292 e. The van der Waals surface area contributed by atoms with Crippen molar-refractivity contribution in [1.29, 1.82) is 0 Å². The van der Waals surface area contributed by atoms with Gasteiger partial charge in [-0.3, -0.25) is 9.48 Å². The number of furan rings is 1. The molecule has 0 radical (unpaired) electrons. The summed E-state index contributed by atoms with van der Waals surface area (Å²) in [4.78, 5) is 12.6. The van der Waals surface area contributed by atoms with Crippen LogP contribution in [-0.4, -0.2) is 15.7 Å². The van der Waals surface area contributed by atoms with Crippen LogP contribution in [0.3, 0.4) is 0 Å². The lowest BCUT2D eigenvalue weighted by Gasteiger charge is -2.08. The Morgan fingerprint density at radius 2 is 1.84 bits per heavy atom. The molecular weight excluding hydrogens is 426 g/mol. The third-order valence-electron chi connectivity index (χ3n) is 5.07. The summed E-state index contributed by atoms with van der Waals surface area (Å²) in [6.07, 6.45) is 0. The first kappa shape index (κ1) is 21.7. The van der Waals surface area contributed by atoms with Crippen LogP contribution in [-0.2, 0) is 13.2 Å². The molecule has 1 amide bonds. The van der Waals surface area contributed by atoms with Crippen molar-refractivity contribution in [1.82, 2.24) is 9.78 Å². The summed E-state index contributed by atoms with van der Waals surface area (Å²) in [7, 11) is 0. The van der Waals surface area contributed by atoms with Crippen molar-refractivity contribution in [3.8, 4) is 5.75 Å². The van der Waals surface area contributed by atoms with E-state index in [0.717, 1.165) is 28.1 Å². The fourth-order valence-electron chi connectivity index (χ4n) is 3.26. The molecule has 1 N–H and O–H groups in total. The van der Waals surface area contributed by atoms with Crippen LogP contribution in [0.5, 0.6) is 5.75 Å². The van der Waals surface area contributed by atoms with Gasteiger partial charge in [0, 0.05) is 16.8 Å².